The number of para-hydroxylation sites is 1. The molecule has 1 aliphatic heterocycles. The lowest BCUT2D eigenvalue weighted by Gasteiger charge is -2.19. The van der Waals surface area contributed by atoms with Crippen molar-refractivity contribution in [3.63, 3.8) is 0 Å². The third-order valence-electron chi connectivity index (χ3n) is 5.38. The standard InChI is InChI=1S/C26H24N2O6/c1-17(24(29)27-15-18-12-13-22-23(14-18)33-16-32-22)34-26(31)21-11-7-6-10-20(21)25(30)28(2)19-8-4-3-5-9-19/h3-14,17H,15-16H2,1-2H3,(H,27,29)/t17-/m0/s1. The monoisotopic (exact) mass is 460 g/mol. The molecular weight excluding hydrogens is 436 g/mol. The molecule has 0 fully saturated rings. The number of nitrogens with one attached hydrogen (secondary N) is 1. The summed E-state index contributed by atoms with van der Waals surface area (Å²) in [7, 11) is 1.63. The van der Waals surface area contributed by atoms with Crippen LogP contribution in [-0.4, -0.2) is 37.7 Å². The predicted molar refractivity (Wildman–Crippen MR) is 125 cm³/mol. The van der Waals surface area contributed by atoms with Gasteiger partial charge in [-0.2, -0.15) is 0 Å². The maximum atomic E-state index is 13.0. The summed E-state index contributed by atoms with van der Waals surface area (Å²) in [5.41, 5.74) is 1.78. The van der Waals surface area contributed by atoms with E-state index in [1.807, 2.05) is 24.3 Å². The Labute approximate surface area is 197 Å². The number of fused-ring (bicyclic) bond motifs is 1. The van der Waals surface area contributed by atoms with Gasteiger partial charge in [0.25, 0.3) is 11.8 Å². The lowest BCUT2D eigenvalue weighted by Crippen LogP contribution is -2.36. The summed E-state index contributed by atoms with van der Waals surface area (Å²) in [5.74, 6) is -0.303. The summed E-state index contributed by atoms with van der Waals surface area (Å²) in [4.78, 5) is 39.9. The van der Waals surface area contributed by atoms with E-state index in [-0.39, 0.29) is 30.4 Å². The minimum atomic E-state index is -1.06. The Morgan fingerprint density at radius 2 is 1.62 bits per heavy atom. The number of hydrogen-bond donors (Lipinski definition) is 1. The molecule has 1 heterocycles. The van der Waals surface area contributed by atoms with Gasteiger partial charge in [-0.3, -0.25) is 9.59 Å². The lowest BCUT2D eigenvalue weighted by molar-refractivity contribution is -0.129. The van der Waals surface area contributed by atoms with Crippen molar-refractivity contribution in [1.82, 2.24) is 5.32 Å². The fraction of sp³-hybridized carbons (Fsp3) is 0.192. The van der Waals surface area contributed by atoms with Gasteiger partial charge in [-0.05, 0) is 48.9 Å². The number of anilines is 1. The molecule has 0 bridgehead atoms. The maximum absolute atomic E-state index is 13.0. The topological polar surface area (TPSA) is 94.2 Å². The molecule has 174 valence electrons. The number of hydrogen-bond acceptors (Lipinski definition) is 6. The quantitative estimate of drug-likeness (QED) is 0.542. The minimum Gasteiger partial charge on any atom is -0.454 e. The minimum absolute atomic E-state index is 0.0886. The van der Waals surface area contributed by atoms with Crippen LogP contribution in [-0.2, 0) is 16.1 Å². The fourth-order valence-electron chi connectivity index (χ4n) is 3.46. The first-order valence-electron chi connectivity index (χ1n) is 10.7. The highest BCUT2D eigenvalue weighted by atomic mass is 16.7. The number of carbonyl (C=O) groups is 3. The second kappa shape index (κ2) is 10.1. The van der Waals surface area contributed by atoms with Crippen LogP contribution in [0, 0.1) is 0 Å². The zero-order chi connectivity index (χ0) is 24.1. The second-order valence-corrected chi connectivity index (χ2v) is 7.70. The molecule has 1 N–H and O–H groups in total. The molecule has 0 unspecified atom stereocenters. The summed E-state index contributed by atoms with van der Waals surface area (Å²) in [5, 5.41) is 2.74. The lowest BCUT2D eigenvalue weighted by atomic mass is 10.1. The Bertz CT molecular complexity index is 1210. The van der Waals surface area contributed by atoms with Crippen LogP contribution in [0.15, 0.2) is 72.8 Å². The predicted octanol–water partition coefficient (Wildman–Crippen LogP) is 3.55. The SMILES string of the molecule is C[C@H](OC(=O)c1ccccc1C(=O)N(C)c1ccccc1)C(=O)NCc1ccc2c(c1)OCO2. The van der Waals surface area contributed by atoms with Gasteiger partial charge >= 0.3 is 5.97 Å². The van der Waals surface area contributed by atoms with Gasteiger partial charge < -0.3 is 24.4 Å². The van der Waals surface area contributed by atoms with E-state index in [1.54, 1.807) is 49.5 Å². The summed E-state index contributed by atoms with van der Waals surface area (Å²) >= 11 is 0. The number of esters is 1. The Morgan fingerprint density at radius 1 is 0.941 bits per heavy atom. The van der Waals surface area contributed by atoms with Crippen molar-refractivity contribution < 1.29 is 28.6 Å². The van der Waals surface area contributed by atoms with Gasteiger partial charge in [-0.1, -0.05) is 36.4 Å². The third kappa shape index (κ3) is 5.01. The van der Waals surface area contributed by atoms with Gasteiger partial charge in [0.1, 0.15) is 0 Å². The van der Waals surface area contributed by atoms with Crippen molar-refractivity contribution in [3.8, 4) is 11.5 Å². The van der Waals surface area contributed by atoms with Gasteiger partial charge in [-0.15, -0.1) is 0 Å². The molecule has 34 heavy (non-hydrogen) atoms. The fourth-order valence-corrected chi connectivity index (χ4v) is 3.46. The first-order chi connectivity index (χ1) is 16.4. The number of ether oxygens (including phenoxy) is 3. The Hall–Kier alpha value is -4.33. The largest absolute Gasteiger partial charge is 0.454 e. The average Bonchev–Trinajstić information content (AvgIpc) is 3.34. The smallest absolute Gasteiger partial charge is 0.339 e. The second-order valence-electron chi connectivity index (χ2n) is 7.70. The van der Waals surface area contributed by atoms with Crippen LogP contribution < -0.4 is 19.7 Å². The number of benzene rings is 3. The van der Waals surface area contributed by atoms with Gasteiger partial charge in [-0.25, -0.2) is 4.79 Å². The Morgan fingerprint density at radius 3 is 2.38 bits per heavy atom. The van der Waals surface area contributed by atoms with Gasteiger partial charge in [0.05, 0.1) is 11.1 Å². The van der Waals surface area contributed by atoms with Crippen LogP contribution in [0.2, 0.25) is 0 Å². The van der Waals surface area contributed by atoms with E-state index >= 15 is 0 Å². The van der Waals surface area contributed by atoms with Crippen molar-refractivity contribution in [3.05, 3.63) is 89.5 Å². The zero-order valence-electron chi connectivity index (χ0n) is 18.8. The van der Waals surface area contributed by atoms with Gasteiger partial charge in [0.15, 0.2) is 17.6 Å². The highest BCUT2D eigenvalue weighted by Gasteiger charge is 2.25. The summed E-state index contributed by atoms with van der Waals surface area (Å²) < 4.78 is 16.0. The molecule has 8 nitrogen and oxygen atoms in total. The number of amides is 2. The molecule has 2 amide bonds. The highest BCUT2D eigenvalue weighted by molar-refractivity contribution is 6.12. The Kier molecular flexibility index (Phi) is 6.77. The number of nitrogens with zero attached hydrogens (tertiary/aromatic N) is 1. The molecular formula is C26H24N2O6. The van der Waals surface area contributed by atoms with E-state index in [0.29, 0.717) is 17.2 Å². The molecule has 0 saturated heterocycles. The molecule has 0 aromatic heterocycles. The molecule has 3 aromatic carbocycles. The highest BCUT2D eigenvalue weighted by Crippen LogP contribution is 2.32. The van der Waals surface area contributed by atoms with Crippen LogP contribution in [0.5, 0.6) is 11.5 Å². The molecule has 0 radical (unpaired) electrons. The summed E-state index contributed by atoms with van der Waals surface area (Å²) in [6.45, 7) is 1.88. The first-order valence-corrected chi connectivity index (χ1v) is 10.7. The van der Waals surface area contributed by atoms with Crippen LogP contribution in [0.25, 0.3) is 0 Å². The average molecular weight is 460 g/mol. The molecule has 1 atom stereocenters. The molecule has 0 aliphatic carbocycles. The van der Waals surface area contributed by atoms with Crippen molar-refractivity contribution in [2.45, 2.75) is 19.6 Å². The molecule has 4 rings (SSSR count). The van der Waals surface area contributed by atoms with Crippen molar-refractivity contribution in [1.29, 1.82) is 0 Å². The van der Waals surface area contributed by atoms with Gasteiger partial charge in [0.2, 0.25) is 6.79 Å². The number of rotatable bonds is 7. The van der Waals surface area contributed by atoms with E-state index in [1.165, 1.54) is 17.9 Å². The van der Waals surface area contributed by atoms with Crippen molar-refractivity contribution in [2.24, 2.45) is 0 Å². The molecule has 0 saturated carbocycles. The number of carbonyl (C=O) groups excluding carboxylic acids is 3. The van der Waals surface area contributed by atoms with E-state index in [0.717, 1.165) is 5.56 Å². The van der Waals surface area contributed by atoms with Crippen LogP contribution in [0.3, 0.4) is 0 Å². The maximum Gasteiger partial charge on any atom is 0.339 e. The first kappa shape index (κ1) is 22.8. The molecule has 3 aromatic rings. The van der Waals surface area contributed by atoms with E-state index in [9.17, 15) is 14.4 Å². The van der Waals surface area contributed by atoms with E-state index in [2.05, 4.69) is 5.32 Å². The molecule has 0 spiro atoms. The van der Waals surface area contributed by atoms with Crippen LogP contribution >= 0.6 is 0 Å². The van der Waals surface area contributed by atoms with Gasteiger partial charge in [0, 0.05) is 19.3 Å². The normalized spacial score (nSPS) is 12.5. The summed E-state index contributed by atoms with van der Waals surface area (Å²) in [6, 6.07) is 20.8. The van der Waals surface area contributed by atoms with Crippen LogP contribution in [0.1, 0.15) is 33.2 Å². The van der Waals surface area contributed by atoms with Crippen molar-refractivity contribution >= 4 is 23.5 Å². The third-order valence-corrected chi connectivity index (χ3v) is 5.38. The zero-order valence-corrected chi connectivity index (χ0v) is 18.8. The van der Waals surface area contributed by atoms with E-state index < -0.39 is 18.0 Å². The van der Waals surface area contributed by atoms with E-state index in [4.69, 9.17) is 14.2 Å². The van der Waals surface area contributed by atoms with Crippen molar-refractivity contribution in [2.75, 3.05) is 18.7 Å². The summed E-state index contributed by atoms with van der Waals surface area (Å²) in [6.07, 6.45) is -1.06. The molecule has 8 heteroatoms. The Balaban J connectivity index is 1.39. The van der Waals surface area contributed by atoms with Crippen LogP contribution in [0.4, 0.5) is 5.69 Å². The molecule has 1 aliphatic rings.